The van der Waals surface area contributed by atoms with Crippen molar-refractivity contribution in [2.75, 3.05) is 13.2 Å². The molecule has 0 spiro atoms. The first-order chi connectivity index (χ1) is 15.8. The molecule has 2 fully saturated rings. The first-order valence-electron chi connectivity index (χ1n) is 12.6. The molecule has 34 heavy (non-hydrogen) atoms. The summed E-state index contributed by atoms with van der Waals surface area (Å²) in [5.41, 5.74) is 2.46. The fourth-order valence-corrected chi connectivity index (χ4v) is 4.37. The summed E-state index contributed by atoms with van der Waals surface area (Å²) in [7, 11) is -0.401. The van der Waals surface area contributed by atoms with Crippen molar-refractivity contribution in [1.29, 1.82) is 0 Å². The summed E-state index contributed by atoms with van der Waals surface area (Å²) in [6, 6.07) is 5.61. The second-order valence-electron chi connectivity index (χ2n) is 11.6. The third kappa shape index (κ3) is 6.31. The molecule has 0 bridgehead atoms. The third-order valence-corrected chi connectivity index (χ3v) is 7.24. The zero-order valence-corrected chi connectivity index (χ0v) is 21.9. The van der Waals surface area contributed by atoms with E-state index in [1.807, 2.05) is 6.08 Å². The van der Waals surface area contributed by atoms with Crippen LogP contribution in [-0.2, 0) is 24.3 Å². The molecule has 0 radical (unpaired) electrons. The Kier molecular flexibility index (Phi) is 8.34. The number of rotatable bonds is 8. The molecule has 1 saturated heterocycles. The normalized spacial score (nSPS) is 21.4. The fraction of sp³-hybridized carbons (Fsp3) is 0.667. The van der Waals surface area contributed by atoms with Gasteiger partial charge in [0.05, 0.1) is 17.8 Å². The highest BCUT2D eigenvalue weighted by Crippen LogP contribution is 2.37. The maximum atomic E-state index is 12.3. The average Bonchev–Trinajstić information content (AvgIpc) is 3.32. The fourth-order valence-electron chi connectivity index (χ4n) is 4.37. The number of benzene rings is 1. The molecule has 7 heteroatoms. The lowest BCUT2D eigenvalue weighted by Crippen LogP contribution is -2.42. The SMILES string of the molecule is CC(C)(C)c1cc(B2OC(C)(C)C(C)(C)O2)ccc1/C=C/CN[C@@H](CO)C(=O)OC1CCCC1. The predicted molar refractivity (Wildman–Crippen MR) is 137 cm³/mol. The molecule has 2 N–H and O–H groups in total. The van der Waals surface area contributed by atoms with E-state index >= 15 is 0 Å². The van der Waals surface area contributed by atoms with Crippen LogP contribution in [-0.4, -0.2) is 54.7 Å². The van der Waals surface area contributed by atoms with Gasteiger partial charge in [0.15, 0.2) is 0 Å². The average molecular weight is 471 g/mol. The van der Waals surface area contributed by atoms with Crippen LogP contribution >= 0.6 is 0 Å². The molecule has 1 saturated carbocycles. The van der Waals surface area contributed by atoms with Crippen molar-refractivity contribution in [1.82, 2.24) is 5.32 Å². The second-order valence-corrected chi connectivity index (χ2v) is 11.6. The molecule has 1 aromatic rings. The summed E-state index contributed by atoms with van der Waals surface area (Å²) in [4.78, 5) is 12.3. The Morgan fingerprint density at radius 1 is 1.21 bits per heavy atom. The molecule has 0 unspecified atom stereocenters. The van der Waals surface area contributed by atoms with E-state index in [0.29, 0.717) is 6.54 Å². The number of aliphatic hydroxyl groups is 1. The summed E-state index contributed by atoms with van der Waals surface area (Å²) < 4.78 is 18.0. The molecule has 6 nitrogen and oxygen atoms in total. The van der Waals surface area contributed by atoms with E-state index in [9.17, 15) is 9.90 Å². The quantitative estimate of drug-likeness (QED) is 0.445. The lowest BCUT2D eigenvalue weighted by molar-refractivity contribution is -0.152. The van der Waals surface area contributed by atoms with E-state index in [1.165, 1.54) is 5.56 Å². The maximum Gasteiger partial charge on any atom is 0.494 e. The number of esters is 1. The molecule has 1 aromatic carbocycles. The van der Waals surface area contributed by atoms with Crippen molar-refractivity contribution in [2.45, 2.75) is 103 Å². The molecule has 0 amide bonds. The topological polar surface area (TPSA) is 77.0 Å². The predicted octanol–water partition coefficient (Wildman–Crippen LogP) is 3.73. The molecule has 1 heterocycles. The van der Waals surface area contributed by atoms with Gasteiger partial charge in [0.2, 0.25) is 0 Å². The number of ether oxygens (including phenoxy) is 1. The highest BCUT2D eigenvalue weighted by Gasteiger charge is 2.51. The smallest absolute Gasteiger partial charge is 0.461 e. The number of hydrogen-bond acceptors (Lipinski definition) is 6. The first kappa shape index (κ1) is 26.9. The van der Waals surface area contributed by atoms with Crippen LogP contribution in [0, 0.1) is 0 Å². The van der Waals surface area contributed by atoms with Gasteiger partial charge in [-0.1, -0.05) is 51.1 Å². The Morgan fingerprint density at radius 2 is 1.82 bits per heavy atom. The van der Waals surface area contributed by atoms with Gasteiger partial charge in [-0.15, -0.1) is 0 Å². The second kappa shape index (κ2) is 10.5. The van der Waals surface area contributed by atoms with Gasteiger partial charge in [-0.25, -0.2) is 0 Å². The number of carbonyl (C=O) groups excluding carboxylic acids is 1. The van der Waals surface area contributed by atoms with Crippen molar-refractivity contribution in [3.8, 4) is 0 Å². The van der Waals surface area contributed by atoms with E-state index in [0.717, 1.165) is 36.7 Å². The van der Waals surface area contributed by atoms with Crippen LogP contribution in [0.3, 0.4) is 0 Å². The molecule has 188 valence electrons. The summed E-state index contributed by atoms with van der Waals surface area (Å²) in [5, 5.41) is 12.7. The van der Waals surface area contributed by atoms with Gasteiger partial charge in [0, 0.05) is 6.54 Å². The molecular weight excluding hydrogens is 429 g/mol. The molecule has 1 aliphatic heterocycles. The maximum absolute atomic E-state index is 12.3. The number of carbonyl (C=O) groups is 1. The van der Waals surface area contributed by atoms with Gasteiger partial charge in [-0.3, -0.25) is 10.1 Å². The van der Waals surface area contributed by atoms with Gasteiger partial charge >= 0.3 is 13.1 Å². The number of hydrogen-bond donors (Lipinski definition) is 2. The standard InChI is InChI=1S/C27H42BNO5/c1-25(2,3)22-17-20(28-33-26(4,5)27(6,7)34-28)15-14-19(22)11-10-16-29-23(18-30)24(31)32-21-12-8-9-13-21/h10-11,14-15,17,21,23,29-30H,8-9,12-13,16,18H2,1-7H3/b11-10+/t23-/m0/s1. The van der Waals surface area contributed by atoms with E-state index in [2.05, 4.69) is 78.1 Å². The van der Waals surface area contributed by atoms with Crippen molar-refractivity contribution in [2.24, 2.45) is 0 Å². The van der Waals surface area contributed by atoms with Gasteiger partial charge in [-0.05, 0) is 75.4 Å². The van der Waals surface area contributed by atoms with Crippen molar-refractivity contribution in [3.63, 3.8) is 0 Å². The minimum atomic E-state index is -0.710. The van der Waals surface area contributed by atoms with Gasteiger partial charge in [-0.2, -0.15) is 0 Å². The Bertz CT molecular complexity index is 867. The highest BCUT2D eigenvalue weighted by molar-refractivity contribution is 6.62. The Hall–Kier alpha value is -1.67. The van der Waals surface area contributed by atoms with Crippen LogP contribution in [0.2, 0.25) is 0 Å². The molecule has 3 rings (SSSR count). The molecule has 1 aliphatic carbocycles. The van der Waals surface area contributed by atoms with Crippen LogP contribution < -0.4 is 10.8 Å². The summed E-state index contributed by atoms with van der Waals surface area (Å²) in [6.45, 7) is 15.0. The van der Waals surface area contributed by atoms with E-state index in [-0.39, 0.29) is 35.3 Å². The summed E-state index contributed by atoms with van der Waals surface area (Å²) in [5.74, 6) is -0.370. The Balaban J connectivity index is 1.67. The van der Waals surface area contributed by atoms with Gasteiger partial charge in [0.25, 0.3) is 0 Å². The number of nitrogens with one attached hydrogen (secondary N) is 1. The highest BCUT2D eigenvalue weighted by atomic mass is 16.7. The van der Waals surface area contributed by atoms with Crippen molar-refractivity contribution >= 4 is 24.6 Å². The third-order valence-electron chi connectivity index (χ3n) is 7.24. The van der Waals surface area contributed by atoms with E-state index in [4.69, 9.17) is 14.0 Å². The minimum Gasteiger partial charge on any atom is -0.461 e. The van der Waals surface area contributed by atoms with Crippen LogP contribution in [0.15, 0.2) is 24.3 Å². The van der Waals surface area contributed by atoms with Crippen molar-refractivity contribution in [3.05, 3.63) is 35.4 Å². The first-order valence-corrected chi connectivity index (χ1v) is 12.6. The van der Waals surface area contributed by atoms with Crippen molar-refractivity contribution < 1.29 is 23.9 Å². The molecule has 2 aliphatic rings. The van der Waals surface area contributed by atoms with Crippen LogP contribution in [0.25, 0.3) is 6.08 Å². The largest absolute Gasteiger partial charge is 0.494 e. The van der Waals surface area contributed by atoms with Gasteiger partial charge < -0.3 is 19.2 Å². The van der Waals surface area contributed by atoms with Crippen LogP contribution in [0.4, 0.5) is 0 Å². The van der Waals surface area contributed by atoms with E-state index < -0.39 is 13.2 Å². The summed E-state index contributed by atoms with van der Waals surface area (Å²) >= 11 is 0. The molecular formula is C27H42BNO5. The van der Waals surface area contributed by atoms with E-state index in [1.54, 1.807) is 0 Å². The van der Waals surface area contributed by atoms with Crippen LogP contribution in [0.1, 0.15) is 85.3 Å². The monoisotopic (exact) mass is 471 g/mol. The zero-order valence-electron chi connectivity index (χ0n) is 21.9. The lowest BCUT2D eigenvalue weighted by atomic mass is 9.74. The van der Waals surface area contributed by atoms with Gasteiger partial charge in [0.1, 0.15) is 12.1 Å². The Labute approximate surface area is 205 Å². The lowest BCUT2D eigenvalue weighted by Gasteiger charge is -2.32. The molecule has 1 atom stereocenters. The van der Waals surface area contributed by atoms with Crippen LogP contribution in [0.5, 0.6) is 0 Å². The molecule has 0 aromatic heterocycles. The minimum absolute atomic E-state index is 0.00396. The summed E-state index contributed by atoms with van der Waals surface area (Å²) in [6.07, 6.45) is 8.06. The zero-order chi connectivity index (χ0) is 25.1. The number of aliphatic hydroxyl groups excluding tert-OH is 1. The Morgan fingerprint density at radius 3 is 2.38 bits per heavy atom.